The third kappa shape index (κ3) is 3.71. The number of fused-ring (bicyclic) bond motifs is 1. The van der Waals surface area contributed by atoms with E-state index in [2.05, 4.69) is 26.7 Å². The minimum atomic E-state index is -0.262. The number of rotatable bonds is 5. The standard InChI is InChI=1S/C20H18ClN5O/c1-13(14-6-7-18-15(10-14)8-9-22-18)23-20(27)19-12-26(25-24-19)11-16-4-2-3-5-17(16)21/h2-10,12-13,22H,11H2,1H3,(H,23,27). The first-order valence-electron chi connectivity index (χ1n) is 8.61. The number of amides is 1. The Bertz CT molecular complexity index is 1100. The lowest BCUT2D eigenvalue weighted by Gasteiger charge is -2.13. The molecule has 0 radical (unpaired) electrons. The van der Waals surface area contributed by atoms with Gasteiger partial charge in [0, 0.05) is 16.7 Å². The van der Waals surface area contributed by atoms with Gasteiger partial charge in [0.1, 0.15) is 0 Å². The van der Waals surface area contributed by atoms with Gasteiger partial charge < -0.3 is 10.3 Å². The van der Waals surface area contributed by atoms with Gasteiger partial charge in [-0.2, -0.15) is 0 Å². The number of aromatic amines is 1. The molecule has 0 aliphatic carbocycles. The smallest absolute Gasteiger partial charge is 0.273 e. The summed E-state index contributed by atoms with van der Waals surface area (Å²) >= 11 is 6.17. The summed E-state index contributed by atoms with van der Waals surface area (Å²) in [5.74, 6) is -0.262. The van der Waals surface area contributed by atoms with Gasteiger partial charge in [-0.3, -0.25) is 4.79 Å². The van der Waals surface area contributed by atoms with Gasteiger partial charge in [-0.1, -0.05) is 41.1 Å². The van der Waals surface area contributed by atoms with E-state index in [9.17, 15) is 4.79 Å². The lowest BCUT2D eigenvalue weighted by atomic mass is 10.1. The van der Waals surface area contributed by atoms with Crippen molar-refractivity contribution >= 4 is 28.4 Å². The van der Waals surface area contributed by atoms with Crippen LogP contribution in [0.25, 0.3) is 10.9 Å². The number of carbonyl (C=O) groups is 1. The van der Waals surface area contributed by atoms with E-state index in [1.54, 1.807) is 10.9 Å². The van der Waals surface area contributed by atoms with Gasteiger partial charge in [-0.15, -0.1) is 5.10 Å². The lowest BCUT2D eigenvalue weighted by Crippen LogP contribution is -2.27. The Labute approximate surface area is 161 Å². The molecule has 4 aromatic rings. The van der Waals surface area contributed by atoms with Gasteiger partial charge >= 0.3 is 0 Å². The summed E-state index contributed by atoms with van der Waals surface area (Å²) in [6, 6.07) is 15.5. The second-order valence-electron chi connectivity index (χ2n) is 6.41. The molecule has 7 heteroatoms. The largest absolute Gasteiger partial charge is 0.361 e. The van der Waals surface area contributed by atoms with Crippen molar-refractivity contribution in [3.05, 3.63) is 82.8 Å². The van der Waals surface area contributed by atoms with E-state index in [0.29, 0.717) is 11.6 Å². The normalized spacial score (nSPS) is 12.2. The Morgan fingerprint density at radius 1 is 1.26 bits per heavy atom. The Morgan fingerprint density at radius 3 is 2.96 bits per heavy atom. The quantitative estimate of drug-likeness (QED) is 0.551. The van der Waals surface area contributed by atoms with Crippen molar-refractivity contribution in [2.45, 2.75) is 19.5 Å². The highest BCUT2D eigenvalue weighted by molar-refractivity contribution is 6.31. The number of nitrogens with zero attached hydrogens (tertiary/aromatic N) is 3. The van der Waals surface area contributed by atoms with Gasteiger partial charge in [0.15, 0.2) is 5.69 Å². The third-order valence-corrected chi connectivity index (χ3v) is 4.86. The number of hydrogen-bond donors (Lipinski definition) is 2. The average molecular weight is 380 g/mol. The van der Waals surface area contributed by atoms with Gasteiger partial charge in [-0.25, -0.2) is 4.68 Å². The molecule has 27 heavy (non-hydrogen) atoms. The summed E-state index contributed by atoms with van der Waals surface area (Å²) in [6.07, 6.45) is 3.52. The van der Waals surface area contributed by atoms with Crippen LogP contribution < -0.4 is 5.32 Å². The molecule has 0 spiro atoms. The maximum atomic E-state index is 12.5. The van der Waals surface area contributed by atoms with Crippen molar-refractivity contribution in [1.82, 2.24) is 25.3 Å². The van der Waals surface area contributed by atoms with Crippen LogP contribution in [0.5, 0.6) is 0 Å². The first kappa shape index (κ1) is 17.3. The van der Waals surface area contributed by atoms with Crippen LogP contribution in [0.2, 0.25) is 5.02 Å². The van der Waals surface area contributed by atoms with Crippen LogP contribution in [-0.2, 0) is 6.54 Å². The van der Waals surface area contributed by atoms with Crippen LogP contribution in [0.15, 0.2) is 60.9 Å². The molecule has 0 aliphatic rings. The first-order valence-corrected chi connectivity index (χ1v) is 8.99. The second-order valence-corrected chi connectivity index (χ2v) is 6.82. The summed E-state index contributed by atoms with van der Waals surface area (Å²) < 4.78 is 1.60. The average Bonchev–Trinajstić information content (AvgIpc) is 3.32. The molecule has 1 amide bonds. The molecule has 4 rings (SSSR count). The molecule has 6 nitrogen and oxygen atoms in total. The van der Waals surface area contributed by atoms with Gasteiger partial charge in [0.05, 0.1) is 18.8 Å². The van der Waals surface area contributed by atoms with Crippen LogP contribution in [0, 0.1) is 0 Å². The highest BCUT2D eigenvalue weighted by atomic mass is 35.5. The summed E-state index contributed by atoms with van der Waals surface area (Å²) in [7, 11) is 0. The zero-order valence-corrected chi connectivity index (χ0v) is 15.4. The molecule has 0 aliphatic heterocycles. The summed E-state index contributed by atoms with van der Waals surface area (Å²) in [5, 5.41) is 12.8. The minimum absolute atomic E-state index is 0.148. The van der Waals surface area contributed by atoms with E-state index < -0.39 is 0 Å². The Balaban J connectivity index is 1.45. The van der Waals surface area contributed by atoms with Gasteiger partial charge in [0.25, 0.3) is 5.91 Å². The van der Waals surface area contributed by atoms with Crippen molar-refractivity contribution in [1.29, 1.82) is 0 Å². The molecule has 0 saturated carbocycles. The van der Waals surface area contributed by atoms with Crippen molar-refractivity contribution < 1.29 is 4.79 Å². The summed E-state index contributed by atoms with van der Waals surface area (Å²) in [4.78, 5) is 15.7. The van der Waals surface area contributed by atoms with Crippen LogP contribution in [0.3, 0.4) is 0 Å². The highest BCUT2D eigenvalue weighted by Crippen LogP contribution is 2.20. The maximum absolute atomic E-state index is 12.5. The fraction of sp³-hybridized carbons (Fsp3) is 0.150. The van der Waals surface area contributed by atoms with Crippen molar-refractivity contribution in [3.8, 4) is 0 Å². The van der Waals surface area contributed by atoms with Crippen LogP contribution in [0.1, 0.15) is 34.6 Å². The SMILES string of the molecule is CC(NC(=O)c1cn(Cc2ccccc2Cl)nn1)c1ccc2[nH]ccc2c1. The molecule has 0 saturated heterocycles. The Morgan fingerprint density at radius 2 is 2.11 bits per heavy atom. The van der Waals surface area contributed by atoms with Crippen molar-refractivity contribution in [3.63, 3.8) is 0 Å². The summed E-state index contributed by atoms with van der Waals surface area (Å²) in [5.41, 5.74) is 3.29. The number of halogens is 1. The maximum Gasteiger partial charge on any atom is 0.273 e. The van der Waals surface area contributed by atoms with E-state index in [0.717, 1.165) is 22.0 Å². The molecular formula is C20H18ClN5O. The zero-order chi connectivity index (χ0) is 18.8. The van der Waals surface area contributed by atoms with E-state index in [4.69, 9.17) is 11.6 Å². The number of nitrogens with one attached hydrogen (secondary N) is 2. The number of aromatic nitrogens is 4. The van der Waals surface area contributed by atoms with E-state index in [-0.39, 0.29) is 17.6 Å². The van der Waals surface area contributed by atoms with Crippen molar-refractivity contribution in [2.75, 3.05) is 0 Å². The molecule has 1 unspecified atom stereocenters. The number of benzene rings is 2. The topological polar surface area (TPSA) is 75.6 Å². The van der Waals surface area contributed by atoms with Crippen LogP contribution >= 0.6 is 11.6 Å². The molecule has 2 aromatic heterocycles. The fourth-order valence-corrected chi connectivity index (χ4v) is 3.17. The van der Waals surface area contributed by atoms with Crippen LogP contribution in [-0.4, -0.2) is 25.9 Å². The Hall–Kier alpha value is -3.12. The molecule has 136 valence electrons. The fourth-order valence-electron chi connectivity index (χ4n) is 2.98. The number of H-pyrrole nitrogens is 1. The van der Waals surface area contributed by atoms with Gasteiger partial charge in [0.2, 0.25) is 0 Å². The van der Waals surface area contributed by atoms with Crippen molar-refractivity contribution in [2.24, 2.45) is 0 Å². The lowest BCUT2D eigenvalue weighted by molar-refractivity contribution is 0.0934. The molecule has 2 aromatic carbocycles. The summed E-state index contributed by atoms with van der Waals surface area (Å²) in [6.45, 7) is 2.40. The third-order valence-electron chi connectivity index (χ3n) is 4.49. The number of carbonyl (C=O) groups excluding carboxylic acids is 1. The highest BCUT2D eigenvalue weighted by Gasteiger charge is 2.15. The zero-order valence-electron chi connectivity index (χ0n) is 14.7. The Kier molecular flexibility index (Phi) is 4.64. The molecule has 0 bridgehead atoms. The van der Waals surface area contributed by atoms with E-state index in [1.165, 1.54) is 0 Å². The predicted molar refractivity (Wildman–Crippen MR) is 105 cm³/mol. The van der Waals surface area contributed by atoms with E-state index >= 15 is 0 Å². The predicted octanol–water partition coefficient (Wildman–Crippen LogP) is 3.95. The monoisotopic (exact) mass is 379 g/mol. The molecular weight excluding hydrogens is 362 g/mol. The van der Waals surface area contributed by atoms with E-state index in [1.807, 2.05) is 55.6 Å². The molecule has 2 N–H and O–H groups in total. The molecule has 2 heterocycles. The molecule has 1 atom stereocenters. The number of hydrogen-bond acceptors (Lipinski definition) is 3. The first-order chi connectivity index (χ1) is 13.1. The van der Waals surface area contributed by atoms with Gasteiger partial charge in [-0.05, 0) is 47.7 Å². The molecule has 0 fully saturated rings. The minimum Gasteiger partial charge on any atom is -0.361 e. The second kappa shape index (κ2) is 7.25. The van der Waals surface area contributed by atoms with Crippen LogP contribution in [0.4, 0.5) is 0 Å².